The summed E-state index contributed by atoms with van der Waals surface area (Å²) >= 11 is 0. The molecule has 14 heteroatoms. The maximum Gasteiger partial charge on any atom is 0.294 e. The number of nitrogens with zero attached hydrogens (tertiary/aromatic N) is 4. The molecule has 0 saturated heterocycles. The van der Waals surface area contributed by atoms with E-state index in [9.17, 15) is 25.9 Å². The Morgan fingerprint density at radius 2 is 0.875 bits per heavy atom. The van der Waals surface area contributed by atoms with Gasteiger partial charge in [-0.15, -0.1) is 10.2 Å². The summed E-state index contributed by atoms with van der Waals surface area (Å²) in [6.45, 7) is 3.77. The summed E-state index contributed by atoms with van der Waals surface area (Å²) in [6, 6.07) is 26.4. The van der Waals surface area contributed by atoms with Crippen LogP contribution in [-0.2, 0) is 20.2 Å². The van der Waals surface area contributed by atoms with Gasteiger partial charge in [-0.1, -0.05) is 36.4 Å². The van der Waals surface area contributed by atoms with Crippen molar-refractivity contribution in [1.82, 2.24) is 0 Å². The lowest BCUT2D eigenvalue weighted by Gasteiger charge is -2.09. The zero-order valence-corrected chi connectivity index (χ0v) is 27.2. The molecule has 0 aliphatic rings. The van der Waals surface area contributed by atoms with Crippen LogP contribution in [0.4, 0.5) is 34.1 Å². The van der Waals surface area contributed by atoms with Gasteiger partial charge < -0.3 is 11.5 Å². The first-order valence-electron chi connectivity index (χ1n) is 14.3. The third-order valence-electron chi connectivity index (χ3n) is 7.83. The first-order valence-corrected chi connectivity index (χ1v) is 17.2. The van der Waals surface area contributed by atoms with Gasteiger partial charge in [-0.25, -0.2) is 0 Å². The number of azo groups is 2. The fraction of sp³-hybridized carbons (Fsp3) is 0.0588. The smallest absolute Gasteiger partial charge is 0.294 e. The van der Waals surface area contributed by atoms with Crippen molar-refractivity contribution in [3.05, 3.63) is 108 Å². The van der Waals surface area contributed by atoms with Crippen molar-refractivity contribution in [2.45, 2.75) is 23.6 Å². The van der Waals surface area contributed by atoms with Gasteiger partial charge in [0.2, 0.25) is 0 Å². The van der Waals surface area contributed by atoms with E-state index in [1.807, 2.05) is 50.2 Å². The Kier molecular flexibility index (Phi) is 8.26. The quantitative estimate of drug-likeness (QED) is 0.0725. The minimum absolute atomic E-state index is 0.271. The average molecular weight is 681 g/mol. The zero-order valence-electron chi connectivity index (χ0n) is 25.5. The number of fused-ring (bicyclic) bond motifs is 2. The molecule has 0 aliphatic carbocycles. The van der Waals surface area contributed by atoms with Crippen molar-refractivity contribution in [3.8, 4) is 11.1 Å². The highest BCUT2D eigenvalue weighted by Crippen LogP contribution is 2.38. The molecule has 0 aliphatic heterocycles. The number of aryl methyl sites for hydroxylation is 2. The SMILES string of the molecule is Cc1cc(-c2ccc(N=Nc3c(N)ccc4ccc(S(=O)(=O)O)cc34)c(C)c2)ccc1N=Nc1c(N)ccc2ccc(S(=O)(=O)O)cc12. The lowest BCUT2D eigenvalue weighted by atomic mass is 10.0. The Morgan fingerprint density at radius 3 is 1.23 bits per heavy atom. The van der Waals surface area contributed by atoms with E-state index in [1.54, 1.807) is 36.4 Å². The Labute approximate surface area is 276 Å². The van der Waals surface area contributed by atoms with Crippen LogP contribution in [0.15, 0.2) is 127 Å². The molecule has 0 saturated carbocycles. The molecule has 6 aromatic rings. The largest absolute Gasteiger partial charge is 0.397 e. The molecule has 6 N–H and O–H groups in total. The molecule has 0 fully saturated rings. The van der Waals surface area contributed by atoms with Gasteiger partial charge in [0.05, 0.1) is 32.5 Å². The molecule has 48 heavy (non-hydrogen) atoms. The first-order chi connectivity index (χ1) is 22.7. The van der Waals surface area contributed by atoms with Crippen LogP contribution in [0.3, 0.4) is 0 Å². The summed E-state index contributed by atoms with van der Waals surface area (Å²) in [5.74, 6) is 0. The fourth-order valence-corrected chi connectivity index (χ4v) is 6.26. The molecule has 6 aromatic carbocycles. The molecular formula is C34H28N6O6S2. The predicted octanol–water partition coefficient (Wildman–Crippen LogP) is 8.77. The van der Waals surface area contributed by atoms with Crippen molar-refractivity contribution in [3.63, 3.8) is 0 Å². The maximum atomic E-state index is 11.7. The summed E-state index contributed by atoms with van der Waals surface area (Å²) in [7, 11) is -8.84. The van der Waals surface area contributed by atoms with Crippen LogP contribution in [0.1, 0.15) is 11.1 Å². The second kappa shape index (κ2) is 12.2. The highest BCUT2D eigenvalue weighted by molar-refractivity contribution is 7.86. The molecule has 0 spiro atoms. The van der Waals surface area contributed by atoms with E-state index in [4.69, 9.17) is 11.5 Å². The van der Waals surface area contributed by atoms with Crippen LogP contribution >= 0.6 is 0 Å². The van der Waals surface area contributed by atoms with Crippen LogP contribution < -0.4 is 11.5 Å². The van der Waals surface area contributed by atoms with Crippen molar-refractivity contribution >= 4 is 75.9 Å². The molecule has 0 aromatic heterocycles. The van der Waals surface area contributed by atoms with Crippen molar-refractivity contribution in [2.24, 2.45) is 20.5 Å². The molecule has 12 nitrogen and oxygen atoms in total. The second-order valence-corrected chi connectivity index (χ2v) is 14.0. The summed E-state index contributed by atoms with van der Waals surface area (Å²) in [5, 5.41) is 19.7. The molecule has 0 atom stereocenters. The monoisotopic (exact) mass is 680 g/mol. The molecule has 6 rings (SSSR count). The van der Waals surface area contributed by atoms with Gasteiger partial charge in [-0.05, 0) is 108 Å². The fourth-order valence-electron chi connectivity index (χ4n) is 5.25. The molecule has 0 bridgehead atoms. The van der Waals surface area contributed by atoms with E-state index in [0.29, 0.717) is 44.3 Å². The van der Waals surface area contributed by atoms with E-state index in [-0.39, 0.29) is 21.2 Å². The normalized spacial score (nSPS) is 12.5. The number of nitrogens with two attached hydrogens (primary N) is 2. The third kappa shape index (κ3) is 6.50. The number of anilines is 2. The lowest BCUT2D eigenvalue weighted by molar-refractivity contribution is 0.481. The van der Waals surface area contributed by atoms with E-state index >= 15 is 0 Å². The first kappa shape index (κ1) is 32.4. The van der Waals surface area contributed by atoms with Crippen LogP contribution in [0, 0.1) is 13.8 Å². The minimum atomic E-state index is -4.42. The molecule has 0 unspecified atom stereocenters. The van der Waals surface area contributed by atoms with Gasteiger partial charge in [-0.3, -0.25) is 9.11 Å². The van der Waals surface area contributed by atoms with E-state index < -0.39 is 20.2 Å². The Morgan fingerprint density at radius 1 is 0.500 bits per heavy atom. The Hall–Kier alpha value is -5.54. The molecule has 242 valence electrons. The zero-order chi connectivity index (χ0) is 34.4. The van der Waals surface area contributed by atoms with E-state index in [1.165, 1.54) is 24.3 Å². The lowest BCUT2D eigenvalue weighted by Crippen LogP contribution is -1.97. The Bertz CT molecular complexity index is 2390. The number of nitrogen functional groups attached to an aromatic ring is 2. The standard InChI is InChI=1S/C34H28N6O6S2/c1-19-15-23(7-13-31(19)37-39-33-27-17-25(47(41,42)43)9-3-21(27)5-11-29(33)35)24-8-14-32(20(2)16-24)38-40-34-28-18-26(48(44,45)46)10-4-22(28)6-12-30(34)36/h3-18H,35-36H2,1-2H3,(H,41,42,43)(H,44,45,46). The summed E-state index contributed by atoms with van der Waals surface area (Å²) in [6.07, 6.45) is 0. The van der Waals surface area contributed by atoms with Crippen LogP contribution in [-0.4, -0.2) is 25.9 Å². The predicted molar refractivity (Wildman–Crippen MR) is 186 cm³/mol. The van der Waals surface area contributed by atoms with Gasteiger partial charge in [-0.2, -0.15) is 27.1 Å². The molecule has 0 radical (unpaired) electrons. The topological polar surface area (TPSA) is 210 Å². The van der Waals surface area contributed by atoms with Crippen LogP contribution in [0.25, 0.3) is 32.7 Å². The van der Waals surface area contributed by atoms with Crippen molar-refractivity contribution in [2.75, 3.05) is 11.5 Å². The summed E-state index contributed by atoms with van der Waals surface area (Å²) in [5.41, 5.74) is 18.1. The molecule has 0 amide bonds. The third-order valence-corrected chi connectivity index (χ3v) is 9.53. The van der Waals surface area contributed by atoms with Crippen LogP contribution in [0.5, 0.6) is 0 Å². The van der Waals surface area contributed by atoms with Gasteiger partial charge in [0.1, 0.15) is 11.4 Å². The second-order valence-electron chi connectivity index (χ2n) is 11.1. The molecule has 0 heterocycles. The maximum absolute atomic E-state index is 11.7. The van der Waals surface area contributed by atoms with Crippen LogP contribution in [0.2, 0.25) is 0 Å². The highest BCUT2D eigenvalue weighted by atomic mass is 32.2. The van der Waals surface area contributed by atoms with Gasteiger partial charge in [0, 0.05) is 10.8 Å². The number of hydrogen-bond donors (Lipinski definition) is 4. The summed E-state index contributed by atoms with van der Waals surface area (Å²) in [4.78, 5) is -0.542. The number of hydrogen-bond acceptors (Lipinski definition) is 10. The van der Waals surface area contributed by atoms with Crippen molar-refractivity contribution in [1.29, 1.82) is 0 Å². The van der Waals surface area contributed by atoms with Crippen molar-refractivity contribution < 1.29 is 25.9 Å². The highest BCUT2D eigenvalue weighted by Gasteiger charge is 2.15. The van der Waals surface area contributed by atoms with E-state index in [2.05, 4.69) is 20.5 Å². The van der Waals surface area contributed by atoms with E-state index in [0.717, 1.165) is 22.3 Å². The van der Waals surface area contributed by atoms with Gasteiger partial charge >= 0.3 is 0 Å². The number of rotatable bonds is 7. The van der Waals surface area contributed by atoms with Gasteiger partial charge in [0.25, 0.3) is 20.2 Å². The molecular weight excluding hydrogens is 653 g/mol. The number of benzene rings is 6. The average Bonchev–Trinajstić information content (AvgIpc) is 3.03. The van der Waals surface area contributed by atoms with Gasteiger partial charge in [0.15, 0.2) is 0 Å². The minimum Gasteiger partial charge on any atom is -0.397 e. The summed E-state index contributed by atoms with van der Waals surface area (Å²) < 4.78 is 65.8. The Balaban J connectivity index is 1.28.